The SMILES string of the molecule is CC1CCC1C1=CC(Cl)=CC(C(=O)NCc2ccc(C(N)N)cc2OCC(=O)NCc2ccccn2)C1. The fraction of sp³-hybridized carbons (Fsp3) is 0.393. The molecule has 1 aromatic carbocycles. The zero-order chi connectivity index (χ0) is 26.4. The number of nitrogens with one attached hydrogen (secondary N) is 2. The second-order valence-corrected chi connectivity index (χ2v) is 10.2. The van der Waals surface area contributed by atoms with Gasteiger partial charge < -0.3 is 26.8 Å². The Morgan fingerprint density at radius 3 is 2.68 bits per heavy atom. The van der Waals surface area contributed by atoms with E-state index in [1.54, 1.807) is 24.4 Å². The Bertz CT molecular complexity index is 1180. The van der Waals surface area contributed by atoms with Crippen molar-refractivity contribution >= 4 is 23.4 Å². The van der Waals surface area contributed by atoms with Gasteiger partial charge in [-0.1, -0.05) is 48.4 Å². The maximum absolute atomic E-state index is 13.1. The number of pyridine rings is 1. The molecule has 0 radical (unpaired) electrons. The van der Waals surface area contributed by atoms with Gasteiger partial charge in [0.15, 0.2) is 6.61 Å². The highest BCUT2D eigenvalue weighted by molar-refractivity contribution is 6.31. The molecule has 1 aromatic heterocycles. The van der Waals surface area contributed by atoms with E-state index in [0.29, 0.717) is 46.7 Å². The summed E-state index contributed by atoms with van der Waals surface area (Å²) in [5, 5.41) is 6.39. The van der Waals surface area contributed by atoms with Crippen LogP contribution in [0.3, 0.4) is 0 Å². The zero-order valence-corrected chi connectivity index (χ0v) is 21.7. The van der Waals surface area contributed by atoms with Gasteiger partial charge in [0, 0.05) is 23.3 Å². The van der Waals surface area contributed by atoms with E-state index in [1.807, 2.05) is 30.4 Å². The molecule has 0 bridgehead atoms. The van der Waals surface area contributed by atoms with Crippen molar-refractivity contribution in [2.45, 2.75) is 45.4 Å². The molecule has 2 amide bonds. The number of allylic oxidation sites excluding steroid dienone is 3. The van der Waals surface area contributed by atoms with Gasteiger partial charge in [0.1, 0.15) is 5.75 Å². The number of hydrogen-bond acceptors (Lipinski definition) is 6. The second kappa shape index (κ2) is 12.4. The number of nitrogens with zero attached hydrogens (tertiary/aromatic N) is 1. The lowest BCUT2D eigenvalue weighted by Crippen LogP contribution is -2.33. The molecule has 1 heterocycles. The standard InChI is InChI=1S/C28H34ClN5O3/c1-17-5-8-24(17)20-10-21(12-22(29)11-20)28(36)34-14-19-7-6-18(27(30)31)13-25(19)37-16-26(35)33-15-23-4-2-3-9-32-23/h2-4,6-7,9,11-13,17,21,24,27H,5,8,10,14-16,30-31H2,1H3,(H,33,35)(H,34,36). The number of aromatic nitrogens is 1. The van der Waals surface area contributed by atoms with Crippen LogP contribution in [0.2, 0.25) is 0 Å². The van der Waals surface area contributed by atoms with Gasteiger partial charge in [-0.25, -0.2) is 0 Å². The lowest BCUT2D eigenvalue weighted by molar-refractivity contribution is -0.124. The first-order valence-corrected chi connectivity index (χ1v) is 13.0. The largest absolute Gasteiger partial charge is 0.483 e. The van der Waals surface area contributed by atoms with E-state index in [4.69, 9.17) is 27.8 Å². The number of carbonyl (C=O) groups is 2. The molecular formula is C28H34ClN5O3. The quantitative estimate of drug-likeness (QED) is 0.353. The van der Waals surface area contributed by atoms with Gasteiger partial charge >= 0.3 is 0 Å². The molecule has 0 saturated heterocycles. The molecule has 37 heavy (non-hydrogen) atoms. The number of benzene rings is 1. The van der Waals surface area contributed by atoms with E-state index >= 15 is 0 Å². The Kier molecular flexibility index (Phi) is 8.97. The van der Waals surface area contributed by atoms with Crippen molar-refractivity contribution in [2.75, 3.05) is 6.61 Å². The first kappa shape index (κ1) is 26.9. The maximum atomic E-state index is 13.1. The van der Waals surface area contributed by atoms with E-state index < -0.39 is 6.17 Å². The fourth-order valence-corrected chi connectivity index (χ4v) is 4.98. The molecule has 4 rings (SSSR count). The van der Waals surface area contributed by atoms with Crippen LogP contribution in [0.15, 0.2) is 65.4 Å². The Morgan fingerprint density at radius 2 is 2.00 bits per heavy atom. The van der Waals surface area contributed by atoms with Crippen LogP contribution < -0.4 is 26.8 Å². The van der Waals surface area contributed by atoms with Crippen LogP contribution in [-0.2, 0) is 22.7 Å². The molecule has 1 fully saturated rings. The Morgan fingerprint density at radius 1 is 1.16 bits per heavy atom. The topological polar surface area (TPSA) is 132 Å². The van der Waals surface area contributed by atoms with Gasteiger partial charge in [-0.15, -0.1) is 0 Å². The van der Waals surface area contributed by atoms with Crippen molar-refractivity contribution in [1.82, 2.24) is 15.6 Å². The molecule has 0 spiro atoms. The molecule has 196 valence electrons. The fourth-order valence-electron chi connectivity index (χ4n) is 4.69. The van der Waals surface area contributed by atoms with E-state index in [9.17, 15) is 9.59 Å². The number of ether oxygens (including phenoxy) is 1. The van der Waals surface area contributed by atoms with Gasteiger partial charge in [-0.3, -0.25) is 14.6 Å². The summed E-state index contributed by atoms with van der Waals surface area (Å²) in [7, 11) is 0. The van der Waals surface area contributed by atoms with Gasteiger partial charge in [-0.2, -0.15) is 0 Å². The third-order valence-corrected chi connectivity index (χ3v) is 7.29. The minimum Gasteiger partial charge on any atom is -0.483 e. The van der Waals surface area contributed by atoms with Crippen LogP contribution in [0.5, 0.6) is 5.75 Å². The first-order valence-electron chi connectivity index (χ1n) is 12.6. The predicted molar refractivity (Wildman–Crippen MR) is 143 cm³/mol. The molecule has 3 atom stereocenters. The molecule has 0 aliphatic heterocycles. The Balaban J connectivity index is 1.36. The lowest BCUT2D eigenvalue weighted by Gasteiger charge is -2.38. The van der Waals surface area contributed by atoms with Crippen molar-refractivity contribution < 1.29 is 14.3 Å². The van der Waals surface area contributed by atoms with Gasteiger partial charge in [0.25, 0.3) is 5.91 Å². The average Bonchev–Trinajstić information content (AvgIpc) is 2.88. The number of nitrogens with two attached hydrogens (primary N) is 2. The van der Waals surface area contributed by atoms with Gasteiger partial charge in [-0.05, 0) is 60.9 Å². The van der Waals surface area contributed by atoms with Crippen molar-refractivity contribution in [2.24, 2.45) is 29.2 Å². The summed E-state index contributed by atoms with van der Waals surface area (Å²) in [5.41, 5.74) is 15.1. The van der Waals surface area contributed by atoms with E-state index in [1.165, 1.54) is 12.0 Å². The van der Waals surface area contributed by atoms with Crippen LogP contribution in [0.1, 0.15) is 49.2 Å². The molecule has 6 N–H and O–H groups in total. The molecule has 1 saturated carbocycles. The summed E-state index contributed by atoms with van der Waals surface area (Å²) in [6.07, 6.45) is 7.84. The monoisotopic (exact) mass is 523 g/mol. The van der Waals surface area contributed by atoms with Crippen LogP contribution in [0, 0.1) is 17.8 Å². The van der Waals surface area contributed by atoms with Crippen LogP contribution in [0.4, 0.5) is 0 Å². The average molecular weight is 524 g/mol. The highest BCUT2D eigenvalue weighted by Crippen LogP contribution is 2.43. The predicted octanol–water partition coefficient (Wildman–Crippen LogP) is 3.42. The third-order valence-electron chi connectivity index (χ3n) is 7.05. The number of halogens is 1. The molecule has 3 unspecified atom stereocenters. The van der Waals surface area contributed by atoms with E-state index in [-0.39, 0.29) is 30.9 Å². The molecule has 2 aliphatic rings. The van der Waals surface area contributed by atoms with Crippen LogP contribution in [0.25, 0.3) is 0 Å². The van der Waals surface area contributed by atoms with E-state index in [0.717, 1.165) is 12.1 Å². The maximum Gasteiger partial charge on any atom is 0.258 e. The second-order valence-electron chi connectivity index (χ2n) is 9.74. The highest BCUT2D eigenvalue weighted by Gasteiger charge is 2.33. The van der Waals surface area contributed by atoms with Crippen molar-refractivity contribution in [3.63, 3.8) is 0 Å². The van der Waals surface area contributed by atoms with E-state index in [2.05, 4.69) is 22.5 Å². The number of carbonyl (C=O) groups excluding carboxylic acids is 2. The van der Waals surface area contributed by atoms with Crippen molar-refractivity contribution in [1.29, 1.82) is 0 Å². The summed E-state index contributed by atoms with van der Waals surface area (Å²) in [6.45, 7) is 2.57. The normalized spacial score (nSPS) is 20.9. The molecule has 9 heteroatoms. The van der Waals surface area contributed by atoms with Gasteiger partial charge in [0.2, 0.25) is 5.91 Å². The Hall–Kier alpha value is -3.20. The molecule has 8 nitrogen and oxygen atoms in total. The van der Waals surface area contributed by atoms with Gasteiger partial charge in [0.05, 0.1) is 24.3 Å². The smallest absolute Gasteiger partial charge is 0.258 e. The zero-order valence-electron chi connectivity index (χ0n) is 21.0. The minimum atomic E-state index is -0.697. The highest BCUT2D eigenvalue weighted by atomic mass is 35.5. The number of hydrogen-bond donors (Lipinski definition) is 4. The summed E-state index contributed by atoms with van der Waals surface area (Å²) >= 11 is 6.37. The summed E-state index contributed by atoms with van der Waals surface area (Å²) < 4.78 is 5.82. The van der Waals surface area contributed by atoms with Crippen LogP contribution >= 0.6 is 11.6 Å². The summed E-state index contributed by atoms with van der Waals surface area (Å²) in [6, 6.07) is 10.8. The van der Waals surface area contributed by atoms with Crippen molar-refractivity contribution in [3.8, 4) is 5.75 Å². The van der Waals surface area contributed by atoms with Crippen molar-refractivity contribution in [3.05, 3.63) is 82.2 Å². The molecular weight excluding hydrogens is 490 g/mol. The Labute approximate surface area is 222 Å². The lowest BCUT2D eigenvalue weighted by atomic mass is 9.68. The molecule has 2 aromatic rings. The van der Waals surface area contributed by atoms with Crippen LogP contribution in [-0.4, -0.2) is 23.4 Å². The molecule has 2 aliphatic carbocycles. The number of amides is 2. The minimum absolute atomic E-state index is 0.102. The summed E-state index contributed by atoms with van der Waals surface area (Å²) in [4.78, 5) is 29.6. The number of rotatable bonds is 10. The summed E-state index contributed by atoms with van der Waals surface area (Å²) in [5.74, 6) is 0.857. The third kappa shape index (κ3) is 7.19. The first-order chi connectivity index (χ1) is 17.8.